The zero-order valence-corrected chi connectivity index (χ0v) is 25.9. The molecule has 9 rings (SSSR count). The van der Waals surface area contributed by atoms with Crippen molar-refractivity contribution in [1.82, 2.24) is 4.98 Å². The molecule has 2 nitrogen and oxygen atoms in total. The maximum Gasteiger partial charge on any atom is 0.136 e. The van der Waals surface area contributed by atoms with Gasteiger partial charge in [0.2, 0.25) is 0 Å². The minimum atomic E-state index is 0.880. The molecule has 0 radical (unpaired) electrons. The second kappa shape index (κ2) is 11.4. The highest BCUT2D eigenvalue weighted by atomic mass is 16.3. The lowest BCUT2D eigenvalue weighted by Crippen LogP contribution is -1.91. The molecule has 47 heavy (non-hydrogen) atoms. The lowest BCUT2D eigenvalue weighted by Gasteiger charge is -2.14. The van der Waals surface area contributed by atoms with E-state index in [1.165, 1.54) is 33.0 Å². The van der Waals surface area contributed by atoms with Crippen molar-refractivity contribution in [1.29, 1.82) is 0 Å². The van der Waals surface area contributed by atoms with Gasteiger partial charge in [0.25, 0.3) is 0 Å². The molecule has 6 aromatic carbocycles. The number of rotatable bonds is 5. The van der Waals surface area contributed by atoms with Gasteiger partial charge in [-0.15, -0.1) is 0 Å². The van der Waals surface area contributed by atoms with Crippen LogP contribution in [0, 0.1) is 0 Å². The normalized spacial score (nSPS) is 13.0. The highest BCUT2D eigenvalue weighted by Gasteiger charge is 2.17. The van der Waals surface area contributed by atoms with Crippen molar-refractivity contribution in [2.24, 2.45) is 0 Å². The number of benzene rings is 6. The Morgan fingerprint density at radius 3 is 1.83 bits per heavy atom. The van der Waals surface area contributed by atoms with E-state index in [9.17, 15) is 0 Å². The molecular weight excluding hydrogens is 571 g/mol. The molecule has 0 saturated carbocycles. The first-order valence-corrected chi connectivity index (χ1v) is 16.3. The number of hydrogen-bond acceptors (Lipinski definition) is 2. The summed E-state index contributed by atoms with van der Waals surface area (Å²) in [5.74, 6) is 0. The molecule has 2 heterocycles. The molecule has 0 amide bonds. The topological polar surface area (TPSA) is 26.0 Å². The molecule has 2 aromatic heterocycles. The Morgan fingerprint density at radius 2 is 1.13 bits per heavy atom. The molecule has 0 bridgehead atoms. The third kappa shape index (κ3) is 4.86. The number of furan rings is 1. The number of nitrogens with zero attached hydrogens (tertiary/aromatic N) is 1. The second-order valence-electron chi connectivity index (χ2n) is 12.2. The quantitative estimate of drug-likeness (QED) is 0.196. The molecule has 1 aliphatic rings. The monoisotopic (exact) mass is 601 g/mol. The zero-order valence-electron chi connectivity index (χ0n) is 25.9. The van der Waals surface area contributed by atoms with Crippen molar-refractivity contribution in [3.63, 3.8) is 0 Å². The first kappa shape index (κ1) is 27.3. The highest BCUT2D eigenvalue weighted by Crippen LogP contribution is 2.42. The summed E-state index contributed by atoms with van der Waals surface area (Å²) in [5, 5.41) is 4.76. The number of hydrogen-bond donors (Lipinski definition) is 0. The van der Waals surface area contributed by atoms with Crippen molar-refractivity contribution in [2.75, 3.05) is 0 Å². The summed E-state index contributed by atoms with van der Waals surface area (Å²) in [6, 6.07) is 51.6. The lowest BCUT2D eigenvalue weighted by atomic mass is 9.89. The number of aromatic nitrogens is 1. The zero-order chi connectivity index (χ0) is 31.2. The van der Waals surface area contributed by atoms with Crippen molar-refractivity contribution in [3.05, 3.63) is 169 Å². The third-order valence-corrected chi connectivity index (χ3v) is 9.31. The average Bonchev–Trinajstić information content (AvgIpc) is 3.53. The molecule has 222 valence electrons. The molecule has 0 aliphatic heterocycles. The van der Waals surface area contributed by atoms with Crippen LogP contribution in [0.5, 0.6) is 0 Å². The Morgan fingerprint density at radius 1 is 0.447 bits per heavy atom. The van der Waals surface area contributed by atoms with Gasteiger partial charge in [-0.05, 0) is 87.3 Å². The Kier molecular flexibility index (Phi) is 6.64. The van der Waals surface area contributed by atoms with Gasteiger partial charge in [-0.2, -0.15) is 0 Å². The summed E-state index contributed by atoms with van der Waals surface area (Å²) in [6.45, 7) is 0. The van der Waals surface area contributed by atoms with Gasteiger partial charge >= 0.3 is 0 Å². The van der Waals surface area contributed by atoms with E-state index in [1.54, 1.807) is 0 Å². The first-order chi connectivity index (χ1) is 23.3. The standard InChI is InChI=1S/C45H31NO/c1-4-13-30(14-5-1)35-24-25-36(39-20-11-10-19-38(35)39)33-23-26-43-40(27-33)45-37(21-12-22-44(45)47-43)34-28-41(31-15-6-2-7-16-31)46-42(29-34)32-17-8-3-9-18-32/h2-4,6-29H,1,5H2. The Hall–Kier alpha value is -5.99. The molecule has 2 heteroatoms. The van der Waals surface area contributed by atoms with Gasteiger partial charge in [0.1, 0.15) is 11.2 Å². The summed E-state index contributed by atoms with van der Waals surface area (Å²) >= 11 is 0. The fourth-order valence-corrected chi connectivity index (χ4v) is 7.05. The molecule has 0 atom stereocenters. The molecule has 1 aliphatic carbocycles. The summed E-state index contributed by atoms with van der Waals surface area (Å²) in [5.41, 5.74) is 13.1. The van der Waals surface area contributed by atoms with Crippen LogP contribution >= 0.6 is 0 Å². The Bertz CT molecular complexity index is 2440. The van der Waals surface area contributed by atoms with Gasteiger partial charge in [-0.25, -0.2) is 4.98 Å². The Labute approximate surface area is 274 Å². The number of allylic oxidation sites excluding steroid dienone is 4. The lowest BCUT2D eigenvalue weighted by molar-refractivity contribution is 0.669. The molecule has 8 aromatic rings. The molecular formula is C45H31NO. The predicted molar refractivity (Wildman–Crippen MR) is 197 cm³/mol. The van der Waals surface area contributed by atoms with Crippen LogP contribution in [0.15, 0.2) is 168 Å². The van der Waals surface area contributed by atoms with Crippen LogP contribution in [0.1, 0.15) is 18.4 Å². The largest absolute Gasteiger partial charge is 0.456 e. The number of pyridine rings is 1. The molecule has 0 unspecified atom stereocenters. The summed E-state index contributed by atoms with van der Waals surface area (Å²) in [6.07, 6.45) is 9.11. The summed E-state index contributed by atoms with van der Waals surface area (Å²) < 4.78 is 6.49. The van der Waals surface area contributed by atoms with E-state index in [0.717, 1.165) is 68.4 Å². The van der Waals surface area contributed by atoms with Gasteiger partial charge < -0.3 is 4.42 Å². The third-order valence-electron chi connectivity index (χ3n) is 9.31. The summed E-state index contributed by atoms with van der Waals surface area (Å²) in [4.78, 5) is 5.12. The van der Waals surface area contributed by atoms with Crippen LogP contribution in [0.25, 0.3) is 83.1 Å². The predicted octanol–water partition coefficient (Wildman–Crippen LogP) is 12.5. The molecule has 0 spiro atoms. The second-order valence-corrected chi connectivity index (χ2v) is 12.2. The minimum absolute atomic E-state index is 0.880. The van der Waals surface area contributed by atoms with Crippen molar-refractivity contribution >= 4 is 38.3 Å². The Balaban J connectivity index is 1.25. The van der Waals surface area contributed by atoms with E-state index < -0.39 is 0 Å². The SMILES string of the molecule is C1=CC(c2ccc(-c3ccc4oc5cccc(-c6cc(-c7ccccc7)nc(-c7ccccc7)c6)c5c4c3)c3ccccc23)=CCC1. The van der Waals surface area contributed by atoms with Crippen LogP contribution in [-0.2, 0) is 0 Å². The van der Waals surface area contributed by atoms with Crippen molar-refractivity contribution < 1.29 is 4.42 Å². The van der Waals surface area contributed by atoms with Crippen molar-refractivity contribution in [3.8, 4) is 44.8 Å². The van der Waals surface area contributed by atoms with E-state index in [0.29, 0.717) is 0 Å². The minimum Gasteiger partial charge on any atom is -0.456 e. The van der Waals surface area contributed by atoms with E-state index in [1.807, 2.05) is 12.1 Å². The number of fused-ring (bicyclic) bond motifs is 4. The van der Waals surface area contributed by atoms with E-state index in [4.69, 9.17) is 9.40 Å². The van der Waals surface area contributed by atoms with Crippen LogP contribution in [0.4, 0.5) is 0 Å². The van der Waals surface area contributed by atoms with Crippen LogP contribution in [0.2, 0.25) is 0 Å². The van der Waals surface area contributed by atoms with Gasteiger partial charge in [-0.1, -0.05) is 133 Å². The first-order valence-electron chi connectivity index (χ1n) is 16.3. The van der Waals surface area contributed by atoms with Gasteiger partial charge in [0, 0.05) is 21.9 Å². The molecule has 0 fully saturated rings. The van der Waals surface area contributed by atoms with E-state index in [-0.39, 0.29) is 0 Å². The highest BCUT2D eigenvalue weighted by molar-refractivity contribution is 6.14. The summed E-state index contributed by atoms with van der Waals surface area (Å²) in [7, 11) is 0. The smallest absolute Gasteiger partial charge is 0.136 e. The van der Waals surface area contributed by atoms with Gasteiger partial charge in [-0.3, -0.25) is 0 Å². The maximum atomic E-state index is 6.49. The fourth-order valence-electron chi connectivity index (χ4n) is 7.05. The van der Waals surface area contributed by atoms with Crippen molar-refractivity contribution in [2.45, 2.75) is 12.8 Å². The van der Waals surface area contributed by atoms with Crippen LogP contribution < -0.4 is 0 Å². The van der Waals surface area contributed by atoms with Gasteiger partial charge in [0.05, 0.1) is 11.4 Å². The van der Waals surface area contributed by atoms with Gasteiger partial charge in [0.15, 0.2) is 0 Å². The fraction of sp³-hybridized carbons (Fsp3) is 0.0444. The van der Waals surface area contributed by atoms with Crippen LogP contribution in [0.3, 0.4) is 0 Å². The molecule has 0 saturated heterocycles. The van der Waals surface area contributed by atoms with Crippen LogP contribution in [-0.4, -0.2) is 4.98 Å². The van der Waals surface area contributed by atoms with E-state index >= 15 is 0 Å². The molecule has 0 N–H and O–H groups in total. The average molecular weight is 602 g/mol. The maximum absolute atomic E-state index is 6.49. The van der Waals surface area contributed by atoms with E-state index in [2.05, 4.69) is 152 Å².